The van der Waals surface area contributed by atoms with Crippen molar-refractivity contribution in [2.24, 2.45) is 0 Å². The van der Waals surface area contributed by atoms with Crippen molar-refractivity contribution >= 4 is 5.78 Å². The molecule has 0 saturated heterocycles. The van der Waals surface area contributed by atoms with Crippen molar-refractivity contribution in [1.82, 2.24) is 0 Å². The number of ether oxygens (including phenoxy) is 1. The number of carbonyl (C=O) groups excluding carboxylic acids is 1. The Morgan fingerprint density at radius 1 is 1.00 bits per heavy atom. The molecule has 108 valence electrons. The van der Waals surface area contributed by atoms with Crippen LogP contribution in [0.5, 0.6) is 5.75 Å². The molecule has 0 unspecified atom stereocenters. The van der Waals surface area contributed by atoms with E-state index in [-0.39, 0.29) is 5.78 Å². The van der Waals surface area contributed by atoms with E-state index in [4.69, 9.17) is 4.74 Å². The molecule has 1 aliphatic rings. The summed E-state index contributed by atoms with van der Waals surface area (Å²) in [5, 5.41) is 0. The predicted octanol–water partition coefficient (Wildman–Crippen LogP) is 4.20. The fraction of sp³-hybridized carbons (Fsp3) is 0.316. The van der Waals surface area contributed by atoms with E-state index in [1.54, 1.807) is 0 Å². The molecule has 0 atom stereocenters. The van der Waals surface area contributed by atoms with Gasteiger partial charge in [0.05, 0.1) is 6.61 Å². The molecule has 0 saturated carbocycles. The number of ketones is 1. The predicted molar refractivity (Wildman–Crippen MR) is 84.1 cm³/mol. The summed E-state index contributed by atoms with van der Waals surface area (Å²) in [6.45, 7) is 2.78. The van der Waals surface area contributed by atoms with Gasteiger partial charge in [-0.25, -0.2) is 0 Å². The Labute approximate surface area is 125 Å². The van der Waals surface area contributed by atoms with Crippen molar-refractivity contribution in [2.75, 3.05) is 6.61 Å². The SMILES string of the molecule is CCCOc1ccc(C(=O)c2ccc3c(c2)CCC3)cc1. The second kappa shape index (κ2) is 6.13. The Kier molecular flexibility index (Phi) is 4.05. The summed E-state index contributed by atoms with van der Waals surface area (Å²) in [6, 6.07) is 13.6. The molecule has 2 aromatic carbocycles. The van der Waals surface area contributed by atoms with Gasteiger partial charge in [0.2, 0.25) is 0 Å². The number of rotatable bonds is 5. The molecule has 2 aromatic rings. The third-order valence-corrected chi connectivity index (χ3v) is 3.95. The average molecular weight is 280 g/mol. The van der Waals surface area contributed by atoms with E-state index in [0.29, 0.717) is 6.61 Å². The minimum Gasteiger partial charge on any atom is -0.494 e. The van der Waals surface area contributed by atoms with E-state index in [1.807, 2.05) is 30.3 Å². The zero-order chi connectivity index (χ0) is 14.7. The molecule has 0 N–H and O–H groups in total. The first kappa shape index (κ1) is 13.9. The Balaban J connectivity index is 1.78. The van der Waals surface area contributed by atoms with E-state index < -0.39 is 0 Å². The van der Waals surface area contributed by atoms with Crippen LogP contribution in [0.15, 0.2) is 42.5 Å². The minimum absolute atomic E-state index is 0.0896. The van der Waals surface area contributed by atoms with Crippen LogP contribution in [-0.2, 0) is 12.8 Å². The van der Waals surface area contributed by atoms with Crippen molar-refractivity contribution in [3.05, 3.63) is 64.7 Å². The highest BCUT2D eigenvalue weighted by Gasteiger charge is 2.15. The Hall–Kier alpha value is -2.09. The van der Waals surface area contributed by atoms with Crippen LogP contribution in [0, 0.1) is 0 Å². The summed E-state index contributed by atoms with van der Waals surface area (Å²) in [6.07, 6.45) is 4.43. The molecular formula is C19H20O2. The molecular weight excluding hydrogens is 260 g/mol. The molecule has 0 bridgehead atoms. The first-order valence-corrected chi connectivity index (χ1v) is 7.67. The molecule has 3 rings (SSSR count). The third kappa shape index (κ3) is 2.99. The van der Waals surface area contributed by atoms with Crippen LogP contribution < -0.4 is 4.74 Å². The maximum atomic E-state index is 12.5. The highest BCUT2D eigenvalue weighted by molar-refractivity contribution is 6.09. The first-order valence-electron chi connectivity index (χ1n) is 7.67. The van der Waals surface area contributed by atoms with Crippen molar-refractivity contribution < 1.29 is 9.53 Å². The second-order valence-corrected chi connectivity index (χ2v) is 5.54. The molecule has 21 heavy (non-hydrogen) atoms. The lowest BCUT2D eigenvalue weighted by Gasteiger charge is -2.07. The monoisotopic (exact) mass is 280 g/mol. The summed E-state index contributed by atoms with van der Waals surface area (Å²) in [5.74, 6) is 0.911. The minimum atomic E-state index is 0.0896. The number of benzene rings is 2. The quantitative estimate of drug-likeness (QED) is 0.767. The number of hydrogen-bond donors (Lipinski definition) is 0. The fourth-order valence-electron chi connectivity index (χ4n) is 2.80. The zero-order valence-corrected chi connectivity index (χ0v) is 12.4. The Bertz CT molecular complexity index is 641. The van der Waals surface area contributed by atoms with Gasteiger partial charge < -0.3 is 4.74 Å². The van der Waals surface area contributed by atoms with Gasteiger partial charge in [0, 0.05) is 11.1 Å². The van der Waals surface area contributed by atoms with Gasteiger partial charge in [-0.3, -0.25) is 4.79 Å². The standard InChI is InChI=1S/C19H20O2/c1-2-12-21-18-10-8-15(9-11-18)19(20)17-7-6-14-4-3-5-16(14)13-17/h6-11,13H,2-5,12H2,1H3. The molecule has 0 radical (unpaired) electrons. The van der Waals surface area contributed by atoms with Gasteiger partial charge in [0.25, 0.3) is 0 Å². The average Bonchev–Trinajstić information content (AvgIpc) is 3.00. The summed E-state index contributed by atoms with van der Waals surface area (Å²) >= 11 is 0. The molecule has 0 fully saturated rings. The van der Waals surface area contributed by atoms with E-state index in [1.165, 1.54) is 17.5 Å². The molecule has 0 aromatic heterocycles. The van der Waals surface area contributed by atoms with Crippen molar-refractivity contribution in [3.8, 4) is 5.75 Å². The maximum absolute atomic E-state index is 12.5. The molecule has 2 heteroatoms. The molecule has 2 nitrogen and oxygen atoms in total. The maximum Gasteiger partial charge on any atom is 0.193 e. The van der Waals surface area contributed by atoms with Crippen LogP contribution in [0.3, 0.4) is 0 Å². The summed E-state index contributed by atoms with van der Waals surface area (Å²) < 4.78 is 5.54. The normalized spacial score (nSPS) is 13.0. The smallest absolute Gasteiger partial charge is 0.193 e. The molecule has 0 aliphatic heterocycles. The van der Waals surface area contributed by atoms with Crippen LogP contribution in [0.2, 0.25) is 0 Å². The second-order valence-electron chi connectivity index (χ2n) is 5.54. The van der Waals surface area contributed by atoms with Crippen LogP contribution in [0.1, 0.15) is 46.8 Å². The van der Waals surface area contributed by atoms with Crippen LogP contribution in [0.25, 0.3) is 0 Å². The number of carbonyl (C=O) groups is 1. The number of aryl methyl sites for hydroxylation is 2. The lowest BCUT2D eigenvalue weighted by Crippen LogP contribution is -2.02. The van der Waals surface area contributed by atoms with Gasteiger partial charge in [0.1, 0.15) is 5.75 Å². The molecule has 0 heterocycles. The van der Waals surface area contributed by atoms with Gasteiger partial charge in [-0.2, -0.15) is 0 Å². The number of fused-ring (bicyclic) bond motifs is 1. The van der Waals surface area contributed by atoms with Gasteiger partial charge in [-0.15, -0.1) is 0 Å². The first-order chi connectivity index (χ1) is 10.3. The van der Waals surface area contributed by atoms with E-state index in [2.05, 4.69) is 19.1 Å². The number of hydrogen-bond acceptors (Lipinski definition) is 2. The van der Waals surface area contributed by atoms with Gasteiger partial charge in [0.15, 0.2) is 5.78 Å². The van der Waals surface area contributed by atoms with Gasteiger partial charge >= 0.3 is 0 Å². The lowest BCUT2D eigenvalue weighted by molar-refractivity contribution is 0.103. The van der Waals surface area contributed by atoms with Crippen LogP contribution in [-0.4, -0.2) is 12.4 Å². The Morgan fingerprint density at radius 2 is 1.71 bits per heavy atom. The highest BCUT2D eigenvalue weighted by Crippen LogP contribution is 2.24. The van der Waals surface area contributed by atoms with E-state index >= 15 is 0 Å². The highest BCUT2D eigenvalue weighted by atomic mass is 16.5. The van der Waals surface area contributed by atoms with Crippen molar-refractivity contribution in [3.63, 3.8) is 0 Å². The fourth-order valence-corrected chi connectivity index (χ4v) is 2.80. The van der Waals surface area contributed by atoms with Gasteiger partial charge in [-0.1, -0.05) is 19.1 Å². The summed E-state index contributed by atoms with van der Waals surface area (Å²) in [4.78, 5) is 12.5. The Morgan fingerprint density at radius 3 is 2.48 bits per heavy atom. The van der Waals surface area contributed by atoms with E-state index in [0.717, 1.165) is 36.1 Å². The summed E-state index contributed by atoms with van der Waals surface area (Å²) in [7, 11) is 0. The lowest BCUT2D eigenvalue weighted by atomic mass is 9.99. The summed E-state index contributed by atoms with van der Waals surface area (Å²) in [5.41, 5.74) is 4.24. The topological polar surface area (TPSA) is 26.3 Å². The van der Waals surface area contributed by atoms with Crippen LogP contribution >= 0.6 is 0 Å². The van der Waals surface area contributed by atoms with Crippen molar-refractivity contribution in [2.45, 2.75) is 32.6 Å². The third-order valence-electron chi connectivity index (χ3n) is 3.95. The molecule has 1 aliphatic carbocycles. The van der Waals surface area contributed by atoms with Gasteiger partial charge in [-0.05, 0) is 67.1 Å². The molecule has 0 amide bonds. The van der Waals surface area contributed by atoms with Crippen molar-refractivity contribution in [1.29, 1.82) is 0 Å². The zero-order valence-electron chi connectivity index (χ0n) is 12.4. The van der Waals surface area contributed by atoms with E-state index in [9.17, 15) is 4.79 Å². The molecule has 0 spiro atoms. The largest absolute Gasteiger partial charge is 0.494 e. The van der Waals surface area contributed by atoms with Crippen LogP contribution in [0.4, 0.5) is 0 Å².